The standard InChI is InChI=1S/C22H29FN4O4.C21H25FN4O/c23-18-13-15(24-19-2-4-21(29)25-22(19)30)1-3-20(18)27-11-7-17(8-12-27)31-16-5-9-26(14-28)10-6-16;22-18-14-23-21(24-16-8-2-1-3-9-16)25-20(18)15-7-6-10-17(13-15)26-12-5-4-11-19(26)27/h1,3,13-14,16-17,19,24H,2,4-12H2,(H,25,29,30);6-7,10,13-14,16H,1-5,8-9,11-12H2,(H,23,24,25). The number of piperidine rings is 4. The van der Waals surface area contributed by atoms with E-state index in [0.29, 0.717) is 61.4 Å². The Morgan fingerprint density at radius 2 is 1.53 bits per heavy atom. The lowest BCUT2D eigenvalue weighted by molar-refractivity contribution is -0.133. The molecule has 58 heavy (non-hydrogen) atoms. The van der Waals surface area contributed by atoms with Gasteiger partial charge in [0.05, 0.1) is 24.1 Å². The van der Waals surface area contributed by atoms with Crippen LogP contribution in [0, 0.1) is 11.6 Å². The van der Waals surface area contributed by atoms with Crippen molar-refractivity contribution < 1.29 is 32.7 Å². The van der Waals surface area contributed by atoms with Crippen molar-refractivity contribution >= 4 is 47.1 Å². The van der Waals surface area contributed by atoms with E-state index in [1.54, 1.807) is 21.9 Å². The van der Waals surface area contributed by atoms with Gasteiger partial charge in [0.25, 0.3) is 0 Å². The van der Waals surface area contributed by atoms with E-state index in [9.17, 15) is 28.0 Å². The van der Waals surface area contributed by atoms with Gasteiger partial charge < -0.3 is 30.1 Å². The molecule has 1 unspecified atom stereocenters. The molecule has 4 aliphatic heterocycles. The van der Waals surface area contributed by atoms with Gasteiger partial charge >= 0.3 is 0 Å². The van der Waals surface area contributed by atoms with Crippen LogP contribution in [0.3, 0.4) is 0 Å². The van der Waals surface area contributed by atoms with Crippen LogP contribution in [-0.2, 0) is 23.9 Å². The van der Waals surface area contributed by atoms with Crippen LogP contribution in [0.2, 0.25) is 0 Å². The number of aromatic nitrogens is 2. The molecule has 3 N–H and O–H groups in total. The molecule has 13 nitrogen and oxygen atoms in total. The number of likely N-dealkylation sites (tertiary alicyclic amines) is 1. The fourth-order valence-electron chi connectivity index (χ4n) is 8.48. The van der Waals surface area contributed by atoms with E-state index in [1.165, 1.54) is 31.5 Å². The Kier molecular flexibility index (Phi) is 13.8. The molecule has 1 saturated carbocycles. The highest BCUT2D eigenvalue weighted by atomic mass is 19.1. The highest BCUT2D eigenvalue weighted by molar-refractivity contribution is 6.01. The van der Waals surface area contributed by atoms with E-state index >= 15 is 0 Å². The number of imide groups is 1. The maximum atomic E-state index is 14.8. The van der Waals surface area contributed by atoms with Crippen molar-refractivity contribution in [2.45, 2.75) is 114 Å². The molecule has 5 heterocycles. The number of amides is 4. The zero-order valence-electron chi connectivity index (χ0n) is 33.0. The van der Waals surface area contributed by atoms with Gasteiger partial charge in [-0.25, -0.2) is 18.7 Å². The molecule has 1 aromatic heterocycles. The predicted molar refractivity (Wildman–Crippen MR) is 217 cm³/mol. The van der Waals surface area contributed by atoms with Crippen LogP contribution in [0.15, 0.2) is 48.7 Å². The van der Waals surface area contributed by atoms with Gasteiger partial charge in [0.1, 0.15) is 17.6 Å². The van der Waals surface area contributed by atoms with Crippen LogP contribution in [0.1, 0.15) is 89.9 Å². The summed E-state index contributed by atoms with van der Waals surface area (Å²) in [5, 5.41) is 8.66. The van der Waals surface area contributed by atoms with Gasteiger partial charge in [0.2, 0.25) is 30.1 Å². The van der Waals surface area contributed by atoms with Crippen molar-refractivity contribution in [3.63, 3.8) is 0 Å². The van der Waals surface area contributed by atoms with E-state index in [4.69, 9.17) is 4.74 Å². The largest absolute Gasteiger partial charge is 0.375 e. The quantitative estimate of drug-likeness (QED) is 0.160. The third-order valence-corrected chi connectivity index (χ3v) is 11.8. The molecule has 3 aromatic rings. The van der Waals surface area contributed by atoms with Crippen LogP contribution in [-0.4, -0.2) is 96.0 Å². The van der Waals surface area contributed by atoms with Gasteiger partial charge in [-0.3, -0.25) is 24.5 Å². The number of halogens is 2. The Morgan fingerprint density at radius 1 is 0.776 bits per heavy atom. The van der Waals surface area contributed by atoms with Crippen molar-refractivity contribution in [2.75, 3.05) is 53.2 Å². The second kappa shape index (κ2) is 19.5. The van der Waals surface area contributed by atoms with Crippen molar-refractivity contribution in [3.05, 3.63) is 60.3 Å². The Morgan fingerprint density at radius 3 is 2.24 bits per heavy atom. The smallest absolute Gasteiger partial charge is 0.249 e. The fourth-order valence-corrected chi connectivity index (χ4v) is 8.48. The SMILES string of the molecule is O=C1CCCCN1c1cccc(-c2nc(NC3CCCCC3)ncc2F)c1.O=CN1CCC(OC2CCN(c3ccc(NC4CCC(=O)NC4=O)cc3F)CC2)CC1. The Hall–Kier alpha value is -5.18. The van der Waals surface area contributed by atoms with Gasteiger partial charge in [-0.2, -0.15) is 0 Å². The predicted octanol–water partition coefficient (Wildman–Crippen LogP) is 6.19. The summed E-state index contributed by atoms with van der Waals surface area (Å²) in [6.07, 6.45) is 15.0. The first-order valence-electron chi connectivity index (χ1n) is 20.9. The molecule has 15 heteroatoms. The first kappa shape index (κ1) is 41.0. The van der Waals surface area contributed by atoms with Gasteiger partial charge in [0, 0.05) is 68.5 Å². The molecule has 2 aromatic carbocycles. The number of carbonyl (C=O) groups is 4. The van der Waals surface area contributed by atoms with Gasteiger partial charge in [-0.15, -0.1) is 0 Å². The monoisotopic (exact) mass is 800 g/mol. The zero-order valence-corrected chi connectivity index (χ0v) is 33.0. The van der Waals surface area contributed by atoms with Crippen LogP contribution in [0.4, 0.5) is 31.8 Å². The topological polar surface area (TPSA) is 149 Å². The van der Waals surface area contributed by atoms with E-state index in [-0.39, 0.29) is 47.9 Å². The third-order valence-electron chi connectivity index (χ3n) is 11.8. The second-order valence-electron chi connectivity index (χ2n) is 15.9. The number of benzene rings is 2. The molecule has 0 bridgehead atoms. The Labute approximate surface area is 338 Å². The summed E-state index contributed by atoms with van der Waals surface area (Å²) in [4.78, 5) is 60.3. The molecule has 0 radical (unpaired) electrons. The molecule has 0 spiro atoms. The molecule has 4 amide bonds. The van der Waals surface area contributed by atoms with Gasteiger partial charge in [-0.05, 0) is 88.1 Å². The van der Waals surface area contributed by atoms with Gasteiger partial charge in [-0.1, -0.05) is 31.4 Å². The molecule has 310 valence electrons. The maximum Gasteiger partial charge on any atom is 0.249 e. The zero-order chi connectivity index (χ0) is 40.4. The molecular weight excluding hydrogens is 747 g/mol. The molecule has 5 fully saturated rings. The molecular formula is C43H54F2N8O5. The number of nitrogens with one attached hydrogen (secondary N) is 3. The summed E-state index contributed by atoms with van der Waals surface area (Å²) >= 11 is 0. The number of rotatable bonds is 10. The van der Waals surface area contributed by atoms with Crippen LogP contribution >= 0.6 is 0 Å². The number of ether oxygens (including phenoxy) is 1. The summed E-state index contributed by atoms with van der Waals surface area (Å²) in [5.41, 5.74) is 2.81. The fraction of sp³-hybridized carbons (Fsp3) is 0.535. The molecule has 8 rings (SSSR count). The van der Waals surface area contributed by atoms with E-state index < -0.39 is 11.9 Å². The highest BCUT2D eigenvalue weighted by Crippen LogP contribution is 2.31. The summed E-state index contributed by atoms with van der Waals surface area (Å²) in [7, 11) is 0. The van der Waals surface area contributed by atoms with Crippen molar-refractivity contribution in [3.8, 4) is 11.3 Å². The molecule has 1 atom stereocenters. The average molecular weight is 801 g/mol. The molecule has 1 aliphatic carbocycles. The lowest BCUT2D eigenvalue weighted by atomic mass is 9.96. The third kappa shape index (κ3) is 10.7. The van der Waals surface area contributed by atoms with Gasteiger partial charge in [0.15, 0.2) is 5.82 Å². The first-order valence-corrected chi connectivity index (χ1v) is 20.9. The number of nitrogens with zero attached hydrogens (tertiary/aromatic N) is 5. The van der Waals surface area contributed by atoms with Crippen LogP contribution in [0.25, 0.3) is 11.3 Å². The molecule has 4 saturated heterocycles. The lowest BCUT2D eigenvalue weighted by Gasteiger charge is -2.37. The van der Waals surface area contributed by atoms with E-state index in [1.807, 2.05) is 29.2 Å². The minimum absolute atomic E-state index is 0.126. The van der Waals surface area contributed by atoms with Crippen molar-refractivity contribution in [1.29, 1.82) is 0 Å². The maximum absolute atomic E-state index is 14.8. The average Bonchev–Trinajstić information content (AvgIpc) is 3.24. The summed E-state index contributed by atoms with van der Waals surface area (Å²) in [5.74, 6) is -0.841. The van der Waals surface area contributed by atoms with Crippen molar-refractivity contribution in [2.24, 2.45) is 0 Å². The minimum atomic E-state index is -0.533. The normalized spacial score (nSPS) is 21.2. The minimum Gasteiger partial charge on any atom is -0.375 e. The lowest BCUT2D eigenvalue weighted by Crippen LogP contribution is -2.47. The Bertz CT molecular complexity index is 1910. The number of hydrogen-bond donors (Lipinski definition) is 3. The van der Waals surface area contributed by atoms with Crippen molar-refractivity contribution in [1.82, 2.24) is 20.2 Å². The number of carbonyl (C=O) groups excluding carboxylic acids is 4. The summed E-state index contributed by atoms with van der Waals surface area (Å²) < 4.78 is 35.5. The van der Waals surface area contributed by atoms with Crippen LogP contribution < -0.4 is 25.8 Å². The van der Waals surface area contributed by atoms with Crippen LogP contribution in [0.5, 0.6) is 0 Å². The summed E-state index contributed by atoms with van der Waals surface area (Å²) in [6.45, 7) is 3.64. The second-order valence-corrected chi connectivity index (χ2v) is 15.9. The van der Waals surface area contributed by atoms with E-state index in [0.717, 1.165) is 76.6 Å². The first-order chi connectivity index (χ1) is 28.2. The highest BCUT2D eigenvalue weighted by Gasteiger charge is 2.29. The Balaban J connectivity index is 0.000000178. The number of hydrogen-bond acceptors (Lipinski definition) is 10. The molecule has 5 aliphatic rings. The van der Waals surface area contributed by atoms with E-state index in [2.05, 4.69) is 25.9 Å². The summed E-state index contributed by atoms with van der Waals surface area (Å²) in [6, 6.07) is 12.2. The number of anilines is 4.